The summed E-state index contributed by atoms with van der Waals surface area (Å²) < 4.78 is 5.49. The van der Waals surface area contributed by atoms with Crippen LogP contribution >= 0.6 is 0 Å². The minimum absolute atomic E-state index is 0.114. The Morgan fingerprint density at radius 1 is 1.24 bits per heavy atom. The molecular weight excluding hydrogens is 262 g/mol. The second kappa shape index (κ2) is 6.19. The van der Waals surface area contributed by atoms with Gasteiger partial charge in [-0.05, 0) is 36.5 Å². The van der Waals surface area contributed by atoms with Crippen LogP contribution in [0.5, 0.6) is 0 Å². The Labute approximate surface area is 125 Å². The highest BCUT2D eigenvalue weighted by molar-refractivity contribution is 5.90. The second-order valence-electron chi connectivity index (χ2n) is 5.42. The normalized spacial score (nSPS) is 18.8. The molecule has 0 bridgehead atoms. The van der Waals surface area contributed by atoms with Crippen LogP contribution in [-0.2, 0) is 16.0 Å². The predicted molar refractivity (Wildman–Crippen MR) is 81.1 cm³/mol. The first-order chi connectivity index (χ1) is 10.3. The third-order valence-corrected chi connectivity index (χ3v) is 4.13. The highest BCUT2D eigenvalue weighted by atomic mass is 16.5. The molecule has 1 aliphatic carbocycles. The predicted octanol–water partition coefficient (Wildman–Crippen LogP) is 3.46. The fourth-order valence-electron chi connectivity index (χ4n) is 3.11. The van der Waals surface area contributed by atoms with Gasteiger partial charge in [0, 0.05) is 13.3 Å². The smallest absolute Gasteiger partial charge is 0.175 e. The van der Waals surface area contributed by atoms with E-state index in [-0.39, 0.29) is 11.7 Å². The SMILES string of the molecule is COC(C(=O)C1CCCc2cccnc21)c1ccccc1. The Kier molecular flexibility index (Phi) is 4.11. The zero-order valence-electron chi connectivity index (χ0n) is 12.2. The summed E-state index contributed by atoms with van der Waals surface area (Å²) in [7, 11) is 1.59. The van der Waals surface area contributed by atoms with Crippen molar-refractivity contribution in [3.63, 3.8) is 0 Å². The molecule has 0 saturated carbocycles. The highest BCUT2D eigenvalue weighted by Gasteiger charge is 2.33. The molecular formula is C18H19NO2. The summed E-state index contributed by atoms with van der Waals surface area (Å²) in [6.45, 7) is 0. The molecule has 0 fully saturated rings. The summed E-state index contributed by atoms with van der Waals surface area (Å²) in [6.07, 6.45) is 4.16. The largest absolute Gasteiger partial charge is 0.369 e. The molecule has 2 atom stereocenters. The molecule has 2 unspecified atom stereocenters. The Morgan fingerprint density at radius 3 is 2.81 bits per heavy atom. The van der Waals surface area contributed by atoms with Crippen LogP contribution in [0.25, 0.3) is 0 Å². The van der Waals surface area contributed by atoms with E-state index in [2.05, 4.69) is 11.1 Å². The topological polar surface area (TPSA) is 39.2 Å². The number of Topliss-reactive ketones (excluding diaryl/α,β-unsaturated/α-hetero) is 1. The second-order valence-corrected chi connectivity index (χ2v) is 5.42. The summed E-state index contributed by atoms with van der Waals surface area (Å²) in [4.78, 5) is 17.4. The van der Waals surface area contributed by atoms with Gasteiger partial charge in [0.2, 0.25) is 0 Å². The first kappa shape index (κ1) is 14.0. The summed E-state index contributed by atoms with van der Waals surface area (Å²) in [5.74, 6) is -0.0385. The van der Waals surface area contributed by atoms with Gasteiger partial charge in [-0.1, -0.05) is 36.4 Å². The molecule has 1 heterocycles. The van der Waals surface area contributed by atoms with Crippen LogP contribution in [0.15, 0.2) is 48.7 Å². The highest BCUT2D eigenvalue weighted by Crippen LogP contribution is 2.35. The maximum atomic E-state index is 12.9. The number of ether oxygens (including phenoxy) is 1. The molecule has 0 spiro atoms. The van der Waals surface area contributed by atoms with Crippen LogP contribution < -0.4 is 0 Å². The molecule has 3 rings (SSSR count). The molecule has 0 N–H and O–H groups in total. The number of carbonyl (C=O) groups is 1. The van der Waals surface area contributed by atoms with Crippen LogP contribution in [-0.4, -0.2) is 17.9 Å². The van der Waals surface area contributed by atoms with Crippen molar-refractivity contribution in [3.8, 4) is 0 Å². The summed E-state index contributed by atoms with van der Waals surface area (Å²) in [5, 5.41) is 0. The number of fused-ring (bicyclic) bond motifs is 1. The number of hydrogen-bond donors (Lipinski definition) is 0. The van der Waals surface area contributed by atoms with Gasteiger partial charge in [-0.2, -0.15) is 0 Å². The van der Waals surface area contributed by atoms with Gasteiger partial charge in [-0.25, -0.2) is 0 Å². The van der Waals surface area contributed by atoms with Crippen molar-refractivity contribution in [2.24, 2.45) is 0 Å². The van der Waals surface area contributed by atoms with E-state index in [4.69, 9.17) is 4.74 Å². The van der Waals surface area contributed by atoms with Gasteiger partial charge in [-0.3, -0.25) is 9.78 Å². The zero-order valence-corrected chi connectivity index (χ0v) is 12.2. The third-order valence-electron chi connectivity index (χ3n) is 4.13. The molecule has 108 valence electrons. The van der Waals surface area contributed by atoms with Crippen LogP contribution in [0.2, 0.25) is 0 Å². The molecule has 0 aliphatic heterocycles. The van der Waals surface area contributed by atoms with Gasteiger partial charge in [0.1, 0.15) is 6.10 Å². The molecule has 21 heavy (non-hydrogen) atoms. The van der Waals surface area contributed by atoms with Gasteiger partial charge in [0.05, 0.1) is 11.6 Å². The lowest BCUT2D eigenvalue weighted by Gasteiger charge is -2.26. The minimum atomic E-state index is -0.510. The Morgan fingerprint density at radius 2 is 2.05 bits per heavy atom. The van der Waals surface area contributed by atoms with Gasteiger partial charge in [0.15, 0.2) is 5.78 Å². The Balaban J connectivity index is 1.92. The monoisotopic (exact) mass is 281 g/mol. The fourth-order valence-corrected chi connectivity index (χ4v) is 3.11. The van der Waals surface area contributed by atoms with E-state index >= 15 is 0 Å². The number of methoxy groups -OCH3 is 1. The van der Waals surface area contributed by atoms with Crippen molar-refractivity contribution < 1.29 is 9.53 Å². The van der Waals surface area contributed by atoms with Crippen molar-refractivity contribution in [1.29, 1.82) is 0 Å². The quantitative estimate of drug-likeness (QED) is 0.861. The van der Waals surface area contributed by atoms with Crippen LogP contribution in [0.1, 0.15) is 41.7 Å². The number of nitrogens with zero attached hydrogens (tertiary/aromatic N) is 1. The maximum Gasteiger partial charge on any atom is 0.175 e. The summed E-state index contributed by atoms with van der Waals surface area (Å²) >= 11 is 0. The van der Waals surface area contributed by atoms with E-state index in [9.17, 15) is 4.79 Å². The summed E-state index contributed by atoms with van der Waals surface area (Å²) in [6, 6.07) is 13.7. The van der Waals surface area contributed by atoms with Crippen LogP contribution in [0.4, 0.5) is 0 Å². The standard InChI is InChI=1S/C18H19NO2/c1-21-18(14-7-3-2-4-8-14)17(20)15-11-5-9-13-10-6-12-19-16(13)15/h2-4,6-8,10,12,15,18H,5,9,11H2,1H3. The molecule has 2 aromatic rings. The number of pyridine rings is 1. The number of carbonyl (C=O) groups excluding carboxylic acids is 1. The minimum Gasteiger partial charge on any atom is -0.369 e. The number of benzene rings is 1. The average Bonchev–Trinajstić information content (AvgIpc) is 2.56. The average molecular weight is 281 g/mol. The molecule has 1 aliphatic rings. The molecule has 3 nitrogen and oxygen atoms in total. The van der Waals surface area contributed by atoms with Crippen LogP contribution in [0, 0.1) is 0 Å². The molecule has 0 radical (unpaired) electrons. The van der Waals surface area contributed by atoms with E-state index < -0.39 is 6.10 Å². The fraction of sp³-hybridized carbons (Fsp3) is 0.333. The number of aromatic nitrogens is 1. The van der Waals surface area contributed by atoms with Gasteiger partial charge < -0.3 is 4.74 Å². The lowest BCUT2D eigenvalue weighted by molar-refractivity contribution is -0.131. The van der Waals surface area contributed by atoms with Crippen molar-refractivity contribution in [1.82, 2.24) is 4.98 Å². The number of rotatable bonds is 4. The molecule has 1 aromatic carbocycles. The lowest BCUT2D eigenvalue weighted by atomic mass is 9.81. The first-order valence-corrected chi connectivity index (χ1v) is 7.36. The Hall–Kier alpha value is -2.00. The van der Waals surface area contributed by atoms with E-state index in [1.54, 1.807) is 13.3 Å². The number of aryl methyl sites for hydroxylation is 1. The molecule has 0 saturated heterocycles. The molecule has 3 heteroatoms. The van der Waals surface area contributed by atoms with Crippen molar-refractivity contribution in [2.75, 3.05) is 7.11 Å². The van der Waals surface area contributed by atoms with Gasteiger partial charge in [0.25, 0.3) is 0 Å². The van der Waals surface area contributed by atoms with E-state index in [0.717, 1.165) is 30.5 Å². The van der Waals surface area contributed by atoms with Gasteiger partial charge >= 0.3 is 0 Å². The maximum absolute atomic E-state index is 12.9. The first-order valence-electron chi connectivity index (χ1n) is 7.36. The Bertz CT molecular complexity index is 624. The van der Waals surface area contributed by atoms with Gasteiger partial charge in [-0.15, -0.1) is 0 Å². The van der Waals surface area contributed by atoms with Crippen molar-refractivity contribution >= 4 is 5.78 Å². The molecule has 0 amide bonds. The molecule has 1 aromatic heterocycles. The number of hydrogen-bond acceptors (Lipinski definition) is 3. The van der Waals surface area contributed by atoms with Crippen molar-refractivity contribution in [2.45, 2.75) is 31.3 Å². The van der Waals surface area contributed by atoms with Crippen LogP contribution in [0.3, 0.4) is 0 Å². The number of ketones is 1. The summed E-state index contributed by atoms with van der Waals surface area (Å²) in [5.41, 5.74) is 3.05. The zero-order chi connectivity index (χ0) is 14.7. The lowest BCUT2D eigenvalue weighted by Crippen LogP contribution is -2.26. The van der Waals surface area contributed by atoms with E-state index in [1.165, 1.54) is 5.56 Å². The van der Waals surface area contributed by atoms with Crippen molar-refractivity contribution in [3.05, 3.63) is 65.5 Å². The third kappa shape index (κ3) is 2.74. The van der Waals surface area contributed by atoms with E-state index in [1.807, 2.05) is 36.4 Å². The van der Waals surface area contributed by atoms with E-state index in [0.29, 0.717) is 0 Å².